The summed E-state index contributed by atoms with van der Waals surface area (Å²) in [5.41, 5.74) is -1.13. The van der Waals surface area contributed by atoms with Crippen molar-refractivity contribution < 1.29 is 17.9 Å². The van der Waals surface area contributed by atoms with Crippen LogP contribution in [0.25, 0.3) is 0 Å². The standard InChI is InChI=1S/C17H22N4O6S/c1-5-21(11-15(22)18-12-6-8-13(27-4)9-7-12)28(25,26)14-10-19(2)17(24)20(3)16(14)23/h6-10H,5,11H2,1-4H3,(H,18,22). The quantitative estimate of drug-likeness (QED) is 0.672. The lowest BCUT2D eigenvalue weighted by atomic mass is 10.3. The number of likely N-dealkylation sites (N-methyl/N-ethyl adjacent to an activating group) is 1. The maximum absolute atomic E-state index is 12.9. The number of hydrogen-bond acceptors (Lipinski definition) is 6. The summed E-state index contributed by atoms with van der Waals surface area (Å²) in [5, 5.41) is 2.59. The largest absolute Gasteiger partial charge is 0.497 e. The molecule has 2 aromatic rings. The van der Waals surface area contributed by atoms with E-state index in [2.05, 4.69) is 5.32 Å². The molecular weight excluding hydrogens is 388 g/mol. The summed E-state index contributed by atoms with van der Waals surface area (Å²) >= 11 is 0. The Kier molecular flexibility index (Phi) is 6.41. The van der Waals surface area contributed by atoms with Crippen molar-refractivity contribution >= 4 is 21.6 Å². The van der Waals surface area contributed by atoms with E-state index in [1.165, 1.54) is 21.2 Å². The molecule has 0 unspecified atom stereocenters. The second-order valence-electron chi connectivity index (χ2n) is 5.96. The van der Waals surface area contributed by atoms with E-state index in [0.29, 0.717) is 16.0 Å². The van der Waals surface area contributed by atoms with Crippen LogP contribution in [0.1, 0.15) is 6.92 Å². The first-order valence-corrected chi connectivity index (χ1v) is 9.76. The zero-order chi connectivity index (χ0) is 21.1. The number of nitrogens with one attached hydrogen (secondary N) is 1. The van der Waals surface area contributed by atoms with E-state index in [-0.39, 0.29) is 6.54 Å². The molecule has 0 aliphatic heterocycles. The van der Waals surface area contributed by atoms with Crippen LogP contribution in [0.2, 0.25) is 0 Å². The van der Waals surface area contributed by atoms with Gasteiger partial charge in [-0.05, 0) is 24.3 Å². The van der Waals surface area contributed by atoms with E-state index in [1.807, 2.05) is 0 Å². The summed E-state index contributed by atoms with van der Waals surface area (Å²) in [4.78, 5) is 35.8. The first-order chi connectivity index (χ1) is 13.1. The van der Waals surface area contributed by atoms with Gasteiger partial charge in [0.2, 0.25) is 5.91 Å². The lowest BCUT2D eigenvalue weighted by Crippen LogP contribution is -2.44. The molecule has 1 heterocycles. The fourth-order valence-corrected chi connectivity index (χ4v) is 4.05. The number of aromatic nitrogens is 2. The first-order valence-electron chi connectivity index (χ1n) is 8.32. The molecule has 0 radical (unpaired) electrons. The first kappa shape index (κ1) is 21.4. The maximum Gasteiger partial charge on any atom is 0.330 e. The Morgan fingerprint density at radius 1 is 1.18 bits per heavy atom. The van der Waals surface area contributed by atoms with Crippen LogP contribution in [0, 0.1) is 0 Å². The minimum absolute atomic E-state index is 0.0373. The zero-order valence-electron chi connectivity index (χ0n) is 16.0. The highest BCUT2D eigenvalue weighted by molar-refractivity contribution is 7.89. The Bertz CT molecular complexity index is 1090. The highest BCUT2D eigenvalue weighted by Crippen LogP contribution is 2.16. The minimum atomic E-state index is -4.28. The molecule has 10 nitrogen and oxygen atoms in total. The van der Waals surface area contributed by atoms with Crippen molar-refractivity contribution in [3.05, 3.63) is 51.3 Å². The van der Waals surface area contributed by atoms with Gasteiger partial charge in [-0.15, -0.1) is 0 Å². The van der Waals surface area contributed by atoms with Crippen molar-refractivity contribution in [1.29, 1.82) is 0 Å². The number of amides is 1. The number of ether oxygens (including phenoxy) is 1. The molecular formula is C17H22N4O6S. The summed E-state index contributed by atoms with van der Waals surface area (Å²) in [5.74, 6) is 0.0403. The number of carbonyl (C=O) groups excluding carboxylic acids is 1. The van der Waals surface area contributed by atoms with Crippen molar-refractivity contribution in [2.75, 3.05) is 25.5 Å². The third-order valence-corrected chi connectivity index (χ3v) is 5.98. The van der Waals surface area contributed by atoms with Crippen LogP contribution in [0.3, 0.4) is 0 Å². The van der Waals surface area contributed by atoms with Gasteiger partial charge in [-0.1, -0.05) is 6.92 Å². The third kappa shape index (κ3) is 4.31. The molecule has 152 valence electrons. The number of sulfonamides is 1. The number of nitrogens with zero attached hydrogens (tertiary/aromatic N) is 3. The summed E-state index contributed by atoms with van der Waals surface area (Å²) < 4.78 is 33.4. The van der Waals surface area contributed by atoms with Crippen molar-refractivity contribution in [2.45, 2.75) is 11.8 Å². The molecule has 0 atom stereocenters. The Labute approximate surface area is 162 Å². The molecule has 0 fully saturated rings. The van der Waals surface area contributed by atoms with Crippen molar-refractivity contribution in [1.82, 2.24) is 13.4 Å². The molecule has 28 heavy (non-hydrogen) atoms. The summed E-state index contributed by atoms with van der Waals surface area (Å²) in [6, 6.07) is 6.53. The number of carbonyl (C=O) groups is 1. The van der Waals surface area contributed by atoms with Gasteiger partial charge in [0, 0.05) is 32.5 Å². The van der Waals surface area contributed by atoms with Gasteiger partial charge in [0.05, 0.1) is 13.7 Å². The number of aryl methyl sites for hydroxylation is 1. The number of rotatable bonds is 7. The van der Waals surface area contributed by atoms with Crippen LogP contribution in [0.4, 0.5) is 5.69 Å². The fraction of sp³-hybridized carbons (Fsp3) is 0.353. The molecule has 1 aromatic carbocycles. The molecule has 1 N–H and O–H groups in total. The lowest BCUT2D eigenvalue weighted by molar-refractivity contribution is -0.116. The lowest BCUT2D eigenvalue weighted by Gasteiger charge is -2.20. The number of benzene rings is 1. The van der Waals surface area contributed by atoms with Crippen molar-refractivity contribution in [3.8, 4) is 5.75 Å². The van der Waals surface area contributed by atoms with Crippen LogP contribution >= 0.6 is 0 Å². The Morgan fingerprint density at radius 2 is 1.79 bits per heavy atom. The predicted molar refractivity (Wildman–Crippen MR) is 103 cm³/mol. The molecule has 11 heteroatoms. The normalized spacial score (nSPS) is 11.5. The van der Waals surface area contributed by atoms with Gasteiger partial charge < -0.3 is 14.6 Å². The van der Waals surface area contributed by atoms with E-state index in [0.717, 1.165) is 15.1 Å². The highest BCUT2D eigenvalue weighted by Gasteiger charge is 2.29. The maximum atomic E-state index is 12.9. The summed E-state index contributed by atoms with van der Waals surface area (Å²) in [6.07, 6.45) is 0.962. The second kappa shape index (κ2) is 8.40. The van der Waals surface area contributed by atoms with Crippen LogP contribution in [0.15, 0.2) is 44.9 Å². The zero-order valence-corrected chi connectivity index (χ0v) is 16.8. The van der Waals surface area contributed by atoms with Crippen molar-refractivity contribution in [2.24, 2.45) is 14.1 Å². The van der Waals surface area contributed by atoms with E-state index in [4.69, 9.17) is 4.74 Å². The molecule has 0 spiro atoms. The SMILES string of the molecule is CCN(CC(=O)Nc1ccc(OC)cc1)S(=O)(=O)c1cn(C)c(=O)n(C)c1=O. The van der Waals surface area contributed by atoms with Crippen LogP contribution in [-0.4, -0.2) is 48.0 Å². The number of anilines is 1. The van der Waals surface area contributed by atoms with Crippen LogP contribution < -0.4 is 21.3 Å². The Hall–Kier alpha value is -2.92. The van der Waals surface area contributed by atoms with E-state index in [1.54, 1.807) is 31.2 Å². The number of methoxy groups -OCH3 is 1. The predicted octanol–water partition coefficient (Wildman–Crippen LogP) is -0.258. The molecule has 0 saturated carbocycles. The fourth-order valence-electron chi connectivity index (χ4n) is 2.49. The molecule has 0 saturated heterocycles. The van der Waals surface area contributed by atoms with Crippen LogP contribution in [0.5, 0.6) is 5.75 Å². The molecule has 0 aliphatic carbocycles. The molecule has 1 amide bonds. The average Bonchev–Trinajstić information content (AvgIpc) is 2.67. The Balaban J connectivity index is 2.27. The van der Waals surface area contributed by atoms with Gasteiger partial charge in [-0.2, -0.15) is 4.31 Å². The van der Waals surface area contributed by atoms with Crippen LogP contribution in [-0.2, 0) is 28.9 Å². The average molecular weight is 410 g/mol. The topological polar surface area (TPSA) is 120 Å². The Morgan fingerprint density at radius 3 is 2.32 bits per heavy atom. The smallest absolute Gasteiger partial charge is 0.330 e. The van der Waals surface area contributed by atoms with Gasteiger partial charge >= 0.3 is 5.69 Å². The molecule has 2 rings (SSSR count). The minimum Gasteiger partial charge on any atom is -0.497 e. The summed E-state index contributed by atoms with van der Waals surface area (Å²) in [6.45, 7) is 1.02. The summed E-state index contributed by atoms with van der Waals surface area (Å²) in [7, 11) is -0.235. The molecule has 0 aliphatic rings. The third-order valence-electron chi connectivity index (χ3n) is 4.08. The van der Waals surface area contributed by atoms with Gasteiger partial charge in [0.1, 0.15) is 5.75 Å². The second-order valence-corrected chi connectivity index (χ2v) is 7.87. The van der Waals surface area contributed by atoms with Gasteiger partial charge in [0.25, 0.3) is 15.6 Å². The van der Waals surface area contributed by atoms with E-state index < -0.39 is 38.6 Å². The van der Waals surface area contributed by atoms with Gasteiger partial charge in [0.15, 0.2) is 4.90 Å². The highest BCUT2D eigenvalue weighted by atomic mass is 32.2. The monoisotopic (exact) mass is 410 g/mol. The molecule has 0 bridgehead atoms. The van der Waals surface area contributed by atoms with E-state index >= 15 is 0 Å². The van der Waals surface area contributed by atoms with Gasteiger partial charge in [-0.25, -0.2) is 13.2 Å². The van der Waals surface area contributed by atoms with E-state index in [9.17, 15) is 22.8 Å². The number of hydrogen-bond donors (Lipinski definition) is 1. The molecule has 1 aromatic heterocycles. The van der Waals surface area contributed by atoms with Gasteiger partial charge in [-0.3, -0.25) is 14.2 Å². The van der Waals surface area contributed by atoms with Crippen molar-refractivity contribution in [3.63, 3.8) is 0 Å².